The summed E-state index contributed by atoms with van der Waals surface area (Å²) in [5, 5.41) is 0. The number of aryl methyl sites for hydroxylation is 2. The topological polar surface area (TPSA) is 8.81 Å². The van der Waals surface area contributed by atoms with E-state index in [4.69, 9.17) is 0 Å². The Morgan fingerprint density at radius 1 is 0.378 bits per heavy atom. The number of hydrogen-bond acceptors (Lipinski definition) is 0. The van der Waals surface area contributed by atoms with Gasteiger partial charge >= 0.3 is 0 Å². The van der Waals surface area contributed by atoms with E-state index in [1.807, 2.05) is 0 Å². The van der Waals surface area contributed by atoms with Crippen molar-refractivity contribution in [3.05, 3.63) is 18.2 Å². The van der Waals surface area contributed by atoms with Crippen LogP contribution in [0.1, 0.15) is 245 Å². The zero-order valence-corrected chi connectivity index (χ0v) is 31.7. The first kappa shape index (κ1) is 42.2. The molecular formula is C43H85N2+. The fourth-order valence-corrected chi connectivity index (χ4v) is 7.21. The number of unbranched alkanes of at least 4 members (excludes halogenated alkanes) is 31. The van der Waals surface area contributed by atoms with Gasteiger partial charge < -0.3 is 0 Å². The normalized spacial score (nSPS) is 11.6. The molecule has 0 saturated heterocycles. The number of imidazole rings is 1. The average Bonchev–Trinajstić information content (AvgIpc) is 3.43. The molecule has 0 unspecified atom stereocenters. The molecule has 1 heterocycles. The lowest BCUT2D eigenvalue weighted by Gasteiger charge is -2.07. The summed E-state index contributed by atoms with van der Waals surface area (Å²) in [5.74, 6) is 1.62. The van der Waals surface area contributed by atoms with Gasteiger partial charge in [0.1, 0.15) is 12.4 Å². The summed E-state index contributed by atoms with van der Waals surface area (Å²) in [7, 11) is 0. The number of aromatic nitrogens is 2. The first-order valence-electron chi connectivity index (χ1n) is 21.4. The Kier molecular flexibility index (Phi) is 32.4. The quantitative estimate of drug-likeness (QED) is 0.0511. The monoisotopic (exact) mass is 630 g/mol. The molecule has 1 rings (SSSR count). The smallest absolute Gasteiger partial charge is 0.234 e. The van der Waals surface area contributed by atoms with Gasteiger partial charge in [-0.15, -0.1) is 0 Å². The van der Waals surface area contributed by atoms with Crippen molar-refractivity contribution in [3.8, 4) is 0 Å². The fraction of sp³-hybridized carbons (Fsp3) is 0.930. The summed E-state index contributed by atoms with van der Waals surface area (Å²) in [6.07, 6.45) is 54.9. The van der Waals surface area contributed by atoms with Gasteiger partial charge in [0.25, 0.3) is 5.82 Å². The minimum absolute atomic E-state index is 1.23. The minimum Gasteiger partial charge on any atom is -0.234 e. The predicted octanol–water partition coefficient (Wildman–Crippen LogP) is 14.6. The van der Waals surface area contributed by atoms with E-state index in [1.165, 1.54) is 238 Å². The first-order valence-corrected chi connectivity index (χ1v) is 21.4. The van der Waals surface area contributed by atoms with Crippen LogP contribution in [0.3, 0.4) is 0 Å². The van der Waals surface area contributed by atoms with Gasteiger partial charge in [0.2, 0.25) is 0 Å². The van der Waals surface area contributed by atoms with Crippen LogP contribution in [0.4, 0.5) is 0 Å². The summed E-state index contributed by atoms with van der Waals surface area (Å²) < 4.78 is 5.28. The number of hydrogen-bond donors (Lipinski definition) is 0. The van der Waals surface area contributed by atoms with Gasteiger partial charge in [-0.1, -0.05) is 207 Å². The van der Waals surface area contributed by atoms with Gasteiger partial charge in [-0.05, 0) is 32.1 Å². The fourth-order valence-electron chi connectivity index (χ4n) is 7.21. The molecule has 0 fully saturated rings. The summed E-state index contributed by atoms with van der Waals surface area (Å²) in [5.41, 5.74) is 0. The molecule has 2 heteroatoms. The first-order chi connectivity index (χ1) is 22.3. The van der Waals surface area contributed by atoms with Crippen LogP contribution in [-0.2, 0) is 19.5 Å². The molecule has 0 N–H and O–H groups in total. The van der Waals surface area contributed by atoms with Crippen LogP contribution in [0, 0.1) is 0 Å². The molecule has 0 spiro atoms. The highest BCUT2D eigenvalue weighted by Crippen LogP contribution is 2.16. The highest BCUT2D eigenvalue weighted by Gasteiger charge is 2.16. The van der Waals surface area contributed by atoms with Crippen molar-refractivity contribution < 1.29 is 4.57 Å². The lowest BCUT2D eigenvalue weighted by atomic mass is 10.0. The lowest BCUT2D eigenvalue weighted by Crippen LogP contribution is -2.37. The largest absolute Gasteiger partial charge is 0.256 e. The molecule has 0 aromatic carbocycles. The molecule has 0 bridgehead atoms. The third kappa shape index (κ3) is 26.9. The Bertz CT molecular complexity index is 692. The molecule has 2 nitrogen and oxygen atoms in total. The van der Waals surface area contributed by atoms with Crippen LogP contribution < -0.4 is 4.57 Å². The molecule has 266 valence electrons. The van der Waals surface area contributed by atoms with Crippen LogP contribution in [-0.4, -0.2) is 4.57 Å². The highest BCUT2D eigenvalue weighted by atomic mass is 15.1. The van der Waals surface area contributed by atoms with Crippen LogP contribution >= 0.6 is 0 Å². The van der Waals surface area contributed by atoms with Gasteiger partial charge in [-0.2, -0.15) is 0 Å². The second-order valence-corrected chi connectivity index (χ2v) is 14.8. The standard InChI is InChI=1S/C43H85N2/c1-4-7-10-13-16-19-21-22-23-24-25-26-28-31-34-37-40-45-42-41-44(39-36-33-30-27-20-17-14-11-8-5-2)43(45)38-35-32-29-18-15-12-9-6-3/h41-42H,4-40H2,1-3H3/q+1. The van der Waals surface area contributed by atoms with E-state index >= 15 is 0 Å². The Balaban J connectivity index is 2.23. The minimum atomic E-state index is 1.23. The van der Waals surface area contributed by atoms with Crippen molar-refractivity contribution in [1.82, 2.24) is 4.57 Å². The lowest BCUT2D eigenvalue weighted by molar-refractivity contribution is -0.704. The summed E-state index contributed by atoms with van der Waals surface area (Å²) in [6.45, 7) is 9.41. The van der Waals surface area contributed by atoms with E-state index < -0.39 is 0 Å². The van der Waals surface area contributed by atoms with E-state index in [0.29, 0.717) is 0 Å². The molecule has 45 heavy (non-hydrogen) atoms. The van der Waals surface area contributed by atoms with Crippen molar-refractivity contribution in [3.63, 3.8) is 0 Å². The van der Waals surface area contributed by atoms with Gasteiger partial charge in [-0.25, -0.2) is 9.13 Å². The van der Waals surface area contributed by atoms with E-state index in [1.54, 1.807) is 5.82 Å². The van der Waals surface area contributed by atoms with Crippen molar-refractivity contribution in [2.45, 2.75) is 259 Å². The maximum atomic E-state index is 2.64. The van der Waals surface area contributed by atoms with Crippen LogP contribution in [0.25, 0.3) is 0 Å². The Hall–Kier alpha value is -0.790. The molecule has 0 aliphatic rings. The molecule has 1 aromatic heterocycles. The van der Waals surface area contributed by atoms with E-state index in [9.17, 15) is 0 Å². The van der Waals surface area contributed by atoms with Crippen LogP contribution in [0.15, 0.2) is 12.4 Å². The van der Waals surface area contributed by atoms with Crippen LogP contribution in [0.2, 0.25) is 0 Å². The van der Waals surface area contributed by atoms with E-state index in [2.05, 4.69) is 42.3 Å². The average molecular weight is 630 g/mol. The molecule has 0 aliphatic heterocycles. The molecule has 0 aliphatic carbocycles. The van der Waals surface area contributed by atoms with Gasteiger partial charge in [0.05, 0.1) is 13.1 Å². The van der Waals surface area contributed by atoms with Crippen molar-refractivity contribution in [1.29, 1.82) is 0 Å². The SMILES string of the molecule is CCCCCCCCCCCCCCCCCC[n+]1ccn(CCCCCCCCCCCC)c1CCCCCCCCCC. The van der Waals surface area contributed by atoms with Gasteiger partial charge in [0.15, 0.2) is 0 Å². The molecular weight excluding hydrogens is 544 g/mol. The second kappa shape index (κ2) is 34.5. The summed E-state index contributed by atoms with van der Waals surface area (Å²) >= 11 is 0. The number of nitrogens with zero attached hydrogens (tertiary/aromatic N) is 2. The maximum absolute atomic E-state index is 2.64. The van der Waals surface area contributed by atoms with Crippen molar-refractivity contribution >= 4 is 0 Å². The zero-order chi connectivity index (χ0) is 32.3. The summed E-state index contributed by atoms with van der Waals surface area (Å²) in [4.78, 5) is 0. The number of rotatable bonds is 37. The molecule has 0 atom stereocenters. The third-order valence-electron chi connectivity index (χ3n) is 10.3. The Morgan fingerprint density at radius 3 is 1.07 bits per heavy atom. The maximum Gasteiger partial charge on any atom is 0.256 e. The predicted molar refractivity (Wildman–Crippen MR) is 202 cm³/mol. The van der Waals surface area contributed by atoms with Gasteiger partial charge in [0, 0.05) is 6.42 Å². The Labute approximate surface area is 285 Å². The molecule has 0 radical (unpaired) electrons. The van der Waals surface area contributed by atoms with Gasteiger partial charge in [-0.3, -0.25) is 0 Å². The van der Waals surface area contributed by atoms with Crippen molar-refractivity contribution in [2.75, 3.05) is 0 Å². The van der Waals surface area contributed by atoms with Crippen LogP contribution in [0.5, 0.6) is 0 Å². The third-order valence-corrected chi connectivity index (χ3v) is 10.3. The second-order valence-electron chi connectivity index (χ2n) is 14.8. The summed E-state index contributed by atoms with van der Waals surface area (Å²) in [6, 6.07) is 0. The Morgan fingerprint density at radius 2 is 0.689 bits per heavy atom. The van der Waals surface area contributed by atoms with E-state index in [0.717, 1.165) is 0 Å². The molecule has 0 saturated carbocycles. The highest BCUT2D eigenvalue weighted by molar-refractivity contribution is 4.84. The zero-order valence-electron chi connectivity index (χ0n) is 31.7. The van der Waals surface area contributed by atoms with Crippen molar-refractivity contribution in [2.24, 2.45) is 0 Å². The molecule has 0 amide bonds. The van der Waals surface area contributed by atoms with E-state index in [-0.39, 0.29) is 0 Å². The molecule has 1 aromatic rings.